The molecule has 0 aromatic heterocycles. The monoisotopic (exact) mass is 547 g/mol. The van der Waals surface area contributed by atoms with E-state index in [-0.39, 0.29) is 48.5 Å². The first-order valence-electron chi connectivity index (χ1n) is 10.7. The molecule has 0 bridgehead atoms. The number of anilines is 1. The van der Waals surface area contributed by atoms with Gasteiger partial charge in [-0.25, -0.2) is 8.42 Å². The molecule has 0 aliphatic carbocycles. The Bertz CT molecular complexity index is 1130. The van der Waals surface area contributed by atoms with E-state index in [4.69, 9.17) is 34.8 Å². The van der Waals surface area contributed by atoms with Crippen LogP contribution in [0.1, 0.15) is 31.7 Å². The molecule has 34 heavy (non-hydrogen) atoms. The molecule has 0 saturated heterocycles. The molecule has 186 valence electrons. The van der Waals surface area contributed by atoms with Gasteiger partial charge in [-0.15, -0.1) is 0 Å². The first kappa shape index (κ1) is 28.2. The van der Waals surface area contributed by atoms with Crippen LogP contribution in [0.15, 0.2) is 42.5 Å². The van der Waals surface area contributed by atoms with Crippen molar-refractivity contribution < 1.29 is 18.0 Å². The molecule has 1 N–H and O–H groups in total. The predicted octanol–water partition coefficient (Wildman–Crippen LogP) is 4.75. The Balaban J connectivity index is 2.24. The minimum Gasteiger partial charge on any atom is -0.357 e. The van der Waals surface area contributed by atoms with Gasteiger partial charge in [-0.1, -0.05) is 59.9 Å². The van der Waals surface area contributed by atoms with Crippen molar-refractivity contribution in [1.82, 2.24) is 10.2 Å². The second kappa shape index (κ2) is 12.6. The van der Waals surface area contributed by atoms with Gasteiger partial charge in [0.25, 0.3) is 0 Å². The minimum atomic E-state index is -3.68. The number of amides is 2. The van der Waals surface area contributed by atoms with Crippen LogP contribution < -0.4 is 9.62 Å². The number of carbonyl (C=O) groups is 2. The van der Waals surface area contributed by atoms with Crippen LogP contribution in [0.3, 0.4) is 0 Å². The zero-order valence-corrected chi connectivity index (χ0v) is 22.3. The average molecular weight is 549 g/mol. The van der Waals surface area contributed by atoms with E-state index < -0.39 is 16.1 Å². The summed E-state index contributed by atoms with van der Waals surface area (Å²) in [6.07, 6.45) is 1.69. The molecule has 0 heterocycles. The Kier molecular flexibility index (Phi) is 10.5. The number of sulfonamides is 1. The van der Waals surface area contributed by atoms with Gasteiger partial charge >= 0.3 is 0 Å². The number of hydrogen-bond donors (Lipinski definition) is 1. The first-order valence-corrected chi connectivity index (χ1v) is 13.6. The van der Waals surface area contributed by atoms with E-state index >= 15 is 0 Å². The Morgan fingerprint density at radius 3 is 2.32 bits per heavy atom. The lowest BCUT2D eigenvalue weighted by molar-refractivity contribution is -0.141. The van der Waals surface area contributed by atoms with Crippen molar-refractivity contribution in [2.45, 2.75) is 38.8 Å². The first-order chi connectivity index (χ1) is 16.0. The van der Waals surface area contributed by atoms with E-state index in [2.05, 4.69) is 5.32 Å². The van der Waals surface area contributed by atoms with Crippen LogP contribution in [0.2, 0.25) is 15.1 Å². The summed E-state index contributed by atoms with van der Waals surface area (Å²) < 4.78 is 26.0. The third-order valence-electron chi connectivity index (χ3n) is 5.26. The van der Waals surface area contributed by atoms with E-state index in [1.54, 1.807) is 24.3 Å². The molecule has 0 spiro atoms. The number of rotatable bonds is 11. The molecule has 0 fully saturated rings. The summed E-state index contributed by atoms with van der Waals surface area (Å²) in [5.41, 5.74) is 0.956. The third kappa shape index (κ3) is 7.50. The molecular formula is C23H28Cl3N3O4S. The smallest absolute Gasteiger partial charge is 0.242 e. The summed E-state index contributed by atoms with van der Waals surface area (Å²) in [5, 5.41) is 3.66. The quantitative estimate of drug-likeness (QED) is 0.439. The molecule has 2 aromatic rings. The number of nitrogens with zero attached hydrogens (tertiary/aromatic N) is 2. The fourth-order valence-corrected chi connectivity index (χ4v) is 5.16. The van der Waals surface area contributed by atoms with Crippen molar-refractivity contribution in [3.05, 3.63) is 63.1 Å². The molecule has 1 atom stereocenters. The molecule has 0 aliphatic heterocycles. The topological polar surface area (TPSA) is 86.8 Å². The second-order valence-electron chi connectivity index (χ2n) is 7.69. The Labute approximate surface area is 216 Å². The van der Waals surface area contributed by atoms with Gasteiger partial charge in [0, 0.05) is 36.6 Å². The lowest BCUT2D eigenvalue weighted by Crippen LogP contribution is -2.48. The van der Waals surface area contributed by atoms with Gasteiger partial charge in [-0.2, -0.15) is 0 Å². The number of benzene rings is 2. The number of hydrogen-bond acceptors (Lipinski definition) is 4. The van der Waals surface area contributed by atoms with E-state index in [9.17, 15) is 18.0 Å². The number of carbonyl (C=O) groups excluding carboxylic acids is 2. The summed E-state index contributed by atoms with van der Waals surface area (Å²) in [6, 6.07) is 11.0. The summed E-state index contributed by atoms with van der Waals surface area (Å²) in [7, 11) is -2.17. The predicted molar refractivity (Wildman–Crippen MR) is 138 cm³/mol. The summed E-state index contributed by atoms with van der Waals surface area (Å²) in [5.74, 6) is -0.576. The highest BCUT2D eigenvalue weighted by atomic mass is 35.5. The van der Waals surface area contributed by atoms with Crippen LogP contribution in [0.4, 0.5) is 5.69 Å². The van der Waals surface area contributed by atoms with Gasteiger partial charge in [0.2, 0.25) is 21.8 Å². The van der Waals surface area contributed by atoms with Crippen LogP contribution in [-0.4, -0.2) is 51.0 Å². The third-order valence-corrected chi connectivity index (χ3v) is 7.36. The highest BCUT2D eigenvalue weighted by molar-refractivity contribution is 7.92. The fraction of sp³-hybridized carbons (Fsp3) is 0.391. The van der Waals surface area contributed by atoms with Crippen LogP contribution >= 0.6 is 34.8 Å². The SMILES string of the molecule is CC[C@@H](C(=O)NC)N(Cc1ccccc1Cl)C(=O)CCCN(c1cc(Cl)ccc1Cl)S(C)(=O)=O. The normalized spacial score (nSPS) is 12.2. The minimum absolute atomic E-state index is 0.0152. The molecule has 0 radical (unpaired) electrons. The zero-order chi connectivity index (χ0) is 25.5. The molecule has 7 nitrogen and oxygen atoms in total. The van der Waals surface area contributed by atoms with Crippen molar-refractivity contribution in [3.8, 4) is 0 Å². The van der Waals surface area contributed by atoms with E-state index in [1.807, 2.05) is 13.0 Å². The maximum Gasteiger partial charge on any atom is 0.242 e. The number of nitrogens with one attached hydrogen (secondary N) is 1. The zero-order valence-electron chi connectivity index (χ0n) is 19.2. The van der Waals surface area contributed by atoms with Crippen molar-refractivity contribution in [3.63, 3.8) is 0 Å². The van der Waals surface area contributed by atoms with Crippen molar-refractivity contribution in [2.75, 3.05) is 24.2 Å². The Morgan fingerprint density at radius 1 is 1.06 bits per heavy atom. The molecule has 0 unspecified atom stereocenters. The van der Waals surface area contributed by atoms with E-state index in [1.165, 1.54) is 24.1 Å². The standard InChI is InChI=1S/C23H28Cl3N3O4S/c1-4-20(23(31)27-2)28(15-16-8-5-6-9-18(16)25)22(30)10-7-13-29(34(3,32)33)21-14-17(24)11-12-19(21)26/h5-6,8-9,11-12,14,20H,4,7,10,13,15H2,1-3H3,(H,27,31)/t20-/m0/s1. The molecular weight excluding hydrogens is 521 g/mol. The maximum absolute atomic E-state index is 13.3. The largest absolute Gasteiger partial charge is 0.357 e. The second-order valence-corrected chi connectivity index (χ2v) is 10.8. The molecule has 0 aliphatic rings. The Hall–Kier alpha value is -2.00. The van der Waals surface area contributed by atoms with Crippen LogP contribution in [0, 0.1) is 0 Å². The molecule has 2 amide bonds. The van der Waals surface area contributed by atoms with Gasteiger partial charge in [-0.3, -0.25) is 13.9 Å². The van der Waals surface area contributed by atoms with E-state index in [0.717, 1.165) is 10.6 Å². The fourth-order valence-electron chi connectivity index (χ4n) is 3.56. The maximum atomic E-state index is 13.3. The molecule has 11 heteroatoms. The molecule has 2 aromatic carbocycles. The highest BCUT2D eigenvalue weighted by Gasteiger charge is 2.29. The van der Waals surface area contributed by atoms with Gasteiger partial charge in [0.15, 0.2) is 0 Å². The van der Waals surface area contributed by atoms with Crippen LogP contribution in [0.25, 0.3) is 0 Å². The summed E-state index contributed by atoms with van der Waals surface area (Å²) >= 11 is 18.5. The highest BCUT2D eigenvalue weighted by Crippen LogP contribution is 2.31. The van der Waals surface area contributed by atoms with Gasteiger partial charge in [0.05, 0.1) is 17.0 Å². The van der Waals surface area contributed by atoms with Crippen LogP contribution in [0.5, 0.6) is 0 Å². The lowest BCUT2D eigenvalue weighted by Gasteiger charge is -2.31. The number of likely N-dealkylation sites (N-methyl/N-ethyl adjacent to an activating group) is 1. The molecule has 0 saturated carbocycles. The van der Waals surface area contributed by atoms with Gasteiger partial charge in [-0.05, 0) is 42.7 Å². The van der Waals surface area contributed by atoms with Crippen molar-refractivity contribution in [2.24, 2.45) is 0 Å². The lowest BCUT2D eigenvalue weighted by atomic mass is 10.1. The molecule has 2 rings (SSSR count). The number of halogens is 3. The van der Waals surface area contributed by atoms with Crippen LogP contribution in [-0.2, 0) is 26.2 Å². The van der Waals surface area contributed by atoms with Gasteiger partial charge in [0.1, 0.15) is 6.04 Å². The van der Waals surface area contributed by atoms with Crippen molar-refractivity contribution in [1.29, 1.82) is 0 Å². The van der Waals surface area contributed by atoms with E-state index in [0.29, 0.717) is 22.0 Å². The Morgan fingerprint density at radius 2 is 1.74 bits per heavy atom. The summed E-state index contributed by atoms with van der Waals surface area (Å²) in [6.45, 7) is 1.99. The van der Waals surface area contributed by atoms with Crippen molar-refractivity contribution >= 4 is 62.3 Å². The average Bonchev–Trinajstić information content (AvgIpc) is 2.78. The summed E-state index contributed by atoms with van der Waals surface area (Å²) in [4.78, 5) is 27.2. The van der Waals surface area contributed by atoms with Gasteiger partial charge < -0.3 is 10.2 Å².